The third-order valence-corrected chi connectivity index (χ3v) is 3.61. The summed E-state index contributed by atoms with van der Waals surface area (Å²) in [6.45, 7) is 4.03. The first-order chi connectivity index (χ1) is 8.15. The molecule has 2 rings (SSSR count). The smallest absolute Gasteiger partial charge is 0.130 e. The minimum absolute atomic E-state index is 0.270. The van der Waals surface area contributed by atoms with E-state index in [1.807, 2.05) is 0 Å². The molecule has 1 fully saturated rings. The number of likely N-dealkylation sites (tertiary alicyclic amines) is 1. The maximum absolute atomic E-state index is 10.9. The highest BCUT2D eigenvalue weighted by atomic mass is 16.1. The van der Waals surface area contributed by atoms with E-state index in [1.54, 1.807) is 6.92 Å². The number of hydrogen-bond acceptors (Lipinski definition) is 2. The van der Waals surface area contributed by atoms with Gasteiger partial charge in [0.25, 0.3) is 0 Å². The van der Waals surface area contributed by atoms with Gasteiger partial charge in [0.15, 0.2) is 0 Å². The molecule has 0 spiro atoms. The number of aryl methyl sites for hydroxylation is 1. The quantitative estimate of drug-likeness (QED) is 0.794. The standard InChI is InChI=1S/C15H21NO/c1-12(17)3-4-13-5-7-14(8-6-13)15-9-10-16(2)11-15/h5-8,15H,3-4,9-11H2,1-2H3. The predicted molar refractivity (Wildman–Crippen MR) is 70.3 cm³/mol. The van der Waals surface area contributed by atoms with Crippen LogP contribution in [0.25, 0.3) is 0 Å². The molecule has 1 heterocycles. The van der Waals surface area contributed by atoms with Gasteiger partial charge >= 0.3 is 0 Å². The van der Waals surface area contributed by atoms with Crippen LogP contribution < -0.4 is 0 Å². The molecule has 0 aliphatic carbocycles. The second-order valence-corrected chi connectivity index (χ2v) is 5.19. The Morgan fingerprint density at radius 3 is 2.59 bits per heavy atom. The topological polar surface area (TPSA) is 20.3 Å². The van der Waals surface area contributed by atoms with Crippen LogP contribution in [0.4, 0.5) is 0 Å². The summed E-state index contributed by atoms with van der Waals surface area (Å²) in [5, 5.41) is 0. The van der Waals surface area contributed by atoms with E-state index in [0.29, 0.717) is 12.3 Å². The van der Waals surface area contributed by atoms with Crippen LogP contribution in [-0.2, 0) is 11.2 Å². The van der Waals surface area contributed by atoms with Crippen LogP contribution in [0.3, 0.4) is 0 Å². The zero-order valence-corrected chi connectivity index (χ0v) is 10.8. The molecule has 1 aliphatic heterocycles. The summed E-state index contributed by atoms with van der Waals surface area (Å²) in [5.41, 5.74) is 2.72. The van der Waals surface area contributed by atoms with Gasteiger partial charge in [-0.15, -0.1) is 0 Å². The van der Waals surface area contributed by atoms with E-state index in [-0.39, 0.29) is 5.78 Å². The highest BCUT2D eigenvalue weighted by Gasteiger charge is 2.20. The number of nitrogens with zero attached hydrogens (tertiary/aromatic N) is 1. The normalized spacial score (nSPS) is 20.7. The van der Waals surface area contributed by atoms with Gasteiger partial charge < -0.3 is 9.69 Å². The third kappa shape index (κ3) is 3.40. The number of Topliss-reactive ketones (excluding diaryl/α,β-unsaturated/α-hetero) is 1. The summed E-state index contributed by atoms with van der Waals surface area (Å²) in [4.78, 5) is 13.3. The number of ketones is 1. The minimum Gasteiger partial charge on any atom is -0.306 e. The summed E-state index contributed by atoms with van der Waals surface area (Å²) in [5.74, 6) is 0.966. The zero-order valence-electron chi connectivity index (χ0n) is 10.8. The van der Waals surface area contributed by atoms with Crippen molar-refractivity contribution in [2.24, 2.45) is 0 Å². The van der Waals surface area contributed by atoms with E-state index in [4.69, 9.17) is 0 Å². The Balaban J connectivity index is 1.95. The molecule has 1 aliphatic rings. The van der Waals surface area contributed by atoms with Gasteiger partial charge in [0.05, 0.1) is 0 Å². The van der Waals surface area contributed by atoms with E-state index < -0.39 is 0 Å². The average molecular weight is 231 g/mol. The van der Waals surface area contributed by atoms with Gasteiger partial charge in [-0.05, 0) is 50.4 Å². The molecule has 0 bridgehead atoms. The molecule has 1 saturated heterocycles. The molecule has 0 N–H and O–H groups in total. The molecule has 1 unspecified atom stereocenters. The van der Waals surface area contributed by atoms with Gasteiger partial charge in [0, 0.05) is 13.0 Å². The number of hydrogen-bond donors (Lipinski definition) is 0. The van der Waals surface area contributed by atoms with E-state index in [9.17, 15) is 4.79 Å². The number of benzene rings is 1. The molecule has 1 aromatic carbocycles. The van der Waals surface area contributed by atoms with Crippen LogP contribution >= 0.6 is 0 Å². The monoisotopic (exact) mass is 231 g/mol. The second kappa shape index (κ2) is 5.46. The molecule has 1 atom stereocenters. The SMILES string of the molecule is CC(=O)CCc1ccc(C2CCN(C)C2)cc1. The van der Waals surface area contributed by atoms with Crippen molar-refractivity contribution >= 4 is 5.78 Å². The summed E-state index contributed by atoms with van der Waals surface area (Å²) in [6, 6.07) is 8.83. The van der Waals surface area contributed by atoms with Crippen molar-refractivity contribution in [2.45, 2.75) is 32.1 Å². The Kier molecular flexibility index (Phi) is 3.95. The Bertz CT molecular complexity index is 382. The van der Waals surface area contributed by atoms with Crippen molar-refractivity contribution in [1.29, 1.82) is 0 Å². The van der Waals surface area contributed by atoms with Crippen LogP contribution in [-0.4, -0.2) is 30.8 Å². The summed E-state index contributed by atoms with van der Waals surface area (Å²) in [7, 11) is 2.18. The number of carbonyl (C=O) groups excluding carboxylic acids is 1. The first-order valence-electron chi connectivity index (χ1n) is 6.42. The molecule has 0 aromatic heterocycles. The van der Waals surface area contributed by atoms with E-state index >= 15 is 0 Å². The minimum atomic E-state index is 0.270. The number of carbonyl (C=O) groups is 1. The fourth-order valence-electron chi connectivity index (χ4n) is 2.48. The van der Waals surface area contributed by atoms with Crippen LogP contribution in [0.15, 0.2) is 24.3 Å². The summed E-state index contributed by atoms with van der Waals surface area (Å²) in [6.07, 6.45) is 2.80. The van der Waals surface area contributed by atoms with Crippen molar-refractivity contribution in [3.8, 4) is 0 Å². The number of likely N-dealkylation sites (N-methyl/N-ethyl adjacent to an activating group) is 1. The second-order valence-electron chi connectivity index (χ2n) is 5.19. The lowest BCUT2D eigenvalue weighted by atomic mass is 9.96. The van der Waals surface area contributed by atoms with Gasteiger partial charge in [-0.3, -0.25) is 0 Å². The van der Waals surface area contributed by atoms with Gasteiger partial charge in [0.2, 0.25) is 0 Å². The largest absolute Gasteiger partial charge is 0.306 e. The van der Waals surface area contributed by atoms with Gasteiger partial charge in [-0.25, -0.2) is 0 Å². The Morgan fingerprint density at radius 1 is 1.35 bits per heavy atom. The molecule has 0 saturated carbocycles. The lowest BCUT2D eigenvalue weighted by Gasteiger charge is -2.11. The van der Waals surface area contributed by atoms with Gasteiger partial charge in [-0.2, -0.15) is 0 Å². The maximum Gasteiger partial charge on any atom is 0.130 e. The lowest BCUT2D eigenvalue weighted by Crippen LogP contribution is -2.13. The Morgan fingerprint density at radius 2 is 2.06 bits per heavy atom. The summed E-state index contributed by atoms with van der Waals surface area (Å²) < 4.78 is 0. The van der Waals surface area contributed by atoms with Crippen LogP contribution in [0.2, 0.25) is 0 Å². The molecule has 17 heavy (non-hydrogen) atoms. The lowest BCUT2D eigenvalue weighted by molar-refractivity contribution is -0.116. The number of rotatable bonds is 4. The predicted octanol–water partition coefficient (Wildman–Crippen LogP) is 2.63. The zero-order chi connectivity index (χ0) is 12.3. The van der Waals surface area contributed by atoms with Gasteiger partial charge in [0.1, 0.15) is 5.78 Å². The van der Waals surface area contributed by atoms with Crippen LogP contribution in [0.1, 0.15) is 36.8 Å². The Labute approximate surface area is 104 Å². The molecule has 0 amide bonds. The molecule has 0 radical (unpaired) electrons. The van der Waals surface area contributed by atoms with E-state index in [2.05, 4.69) is 36.2 Å². The van der Waals surface area contributed by atoms with Crippen LogP contribution in [0, 0.1) is 0 Å². The van der Waals surface area contributed by atoms with Crippen molar-refractivity contribution in [3.63, 3.8) is 0 Å². The fraction of sp³-hybridized carbons (Fsp3) is 0.533. The van der Waals surface area contributed by atoms with Crippen molar-refractivity contribution in [3.05, 3.63) is 35.4 Å². The Hall–Kier alpha value is -1.15. The maximum atomic E-state index is 10.9. The van der Waals surface area contributed by atoms with Crippen LogP contribution in [0.5, 0.6) is 0 Å². The highest BCUT2D eigenvalue weighted by molar-refractivity contribution is 5.75. The fourth-order valence-corrected chi connectivity index (χ4v) is 2.48. The van der Waals surface area contributed by atoms with E-state index in [0.717, 1.165) is 6.42 Å². The first kappa shape index (κ1) is 12.3. The van der Waals surface area contributed by atoms with Gasteiger partial charge in [-0.1, -0.05) is 24.3 Å². The average Bonchev–Trinajstić information content (AvgIpc) is 2.74. The van der Waals surface area contributed by atoms with E-state index in [1.165, 1.54) is 30.6 Å². The molecular formula is C15H21NO. The molecule has 1 aromatic rings. The molecule has 2 heteroatoms. The van der Waals surface area contributed by atoms with Crippen molar-refractivity contribution in [1.82, 2.24) is 4.90 Å². The van der Waals surface area contributed by atoms with Crippen molar-refractivity contribution < 1.29 is 4.79 Å². The van der Waals surface area contributed by atoms with Crippen molar-refractivity contribution in [2.75, 3.05) is 20.1 Å². The molecule has 2 nitrogen and oxygen atoms in total. The first-order valence-corrected chi connectivity index (χ1v) is 6.42. The molecule has 92 valence electrons. The third-order valence-electron chi connectivity index (χ3n) is 3.61. The summed E-state index contributed by atoms with van der Waals surface area (Å²) >= 11 is 0. The molecular weight excluding hydrogens is 210 g/mol. The highest BCUT2D eigenvalue weighted by Crippen LogP contribution is 2.26.